The average molecular weight is 226 g/mol. The van der Waals surface area contributed by atoms with Crippen LogP contribution in [0, 0.1) is 0 Å². The molecule has 0 bridgehead atoms. The van der Waals surface area contributed by atoms with Crippen LogP contribution in [-0.4, -0.2) is 17.2 Å². The number of rotatable bonds is 1. The van der Waals surface area contributed by atoms with E-state index in [0.29, 0.717) is 5.46 Å². The number of hydrogen-bond donors (Lipinski definition) is 2. The lowest BCUT2D eigenvalue weighted by Crippen LogP contribution is -2.29. The Hall–Kier alpha value is -1.32. The molecule has 0 atom stereocenters. The minimum Gasteiger partial charge on any atom is -0.423 e. The molecule has 3 heteroatoms. The Morgan fingerprint density at radius 1 is 0.941 bits per heavy atom. The van der Waals surface area contributed by atoms with Crippen LogP contribution in [0.5, 0.6) is 0 Å². The van der Waals surface area contributed by atoms with E-state index in [4.69, 9.17) is 0 Å². The van der Waals surface area contributed by atoms with Crippen LogP contribution in [0.25, 0.3) is 10.8 Å². The quantitative estimate of drug-likeness (QED) is 0.721. The van der Waals surface area contributed by atoms with Crippen molar-refractivity contribution in [2.75, 3.05) is 0 Å². The normalized spacial score (nSPS) is 14.7. The predicted octanol–water partition coefficient (Wildman–Crippen LogP) is 1.40. The Kier molecular flexibility index (Phi) is 2.65. The van der Waals surface area contributed by atoms with E-state index in [1.807, 2.05) is 12.1 Å². The highest BCUT2D eigenvalue weighted by Gasteiger charge is 2.15. The molecule has 1 aliphatic rings. The second-order valence-corrected chi connectivity index (χ2v) is 4.76. The number of fused-ring (bicyclic) bond motifs is 3. The Labute approximate surface area is 101 Å². The molecule has 0 amide bonds. The van der Waals surface area contributed by atoms with E-state index in [1.54, 1.807) is 6.07 Å². The lowest BCUT2D eigenvalue weighted by molar-refractivity contribution is 0.426. The standard InChI is InChI=1S/C14H15BO2/c16-15(17)12-8-7-11-6-5-10-3-1-2-4-13(10)14(11)9-12/h5-9,16-17H,1-4H2. The molecule has 0 radical (unpaired) electrons. The van der Waals surface area contributed by atoms with E-state index in [1.165, 1.54) is 34.7 Å². The van der Waals surface area contributed by atoms with Crippen molar-refractivity contribution in [1.29, 1.82) is 0 Å². The molecule has 1 aliphatic carbocycles. The Balaban J connectivity index is 2.25. The highest BCUT2D eigenvalue weighted by atomic mass is 16.4. The van der Waals surface area contributed by atoms with Gasteiger partial charge in [0.25, 0.3) is 0 Å². The van der Waals surface area contributed by atoms with E-state index >= 15 is 0 Å². The van der Waals surface area contributed by atoms with Crippen LogP contribution in [0.1, 0.15) is 24.0 Å². The smallest absolute Gasteiger partial charge is 0.423 e. The third-order valence-corrected chi connectivity index (χ3v) is 3.68. The third-order valence-electron chi connectivity index (χ3n) is 3.68. The molecule has 0 aliphatic heterocycles. The third kappa shape index (κ3) is 1.86. The van der Waals surface area contributed by atoms with Crippen LogP contribution < -0.4 is 5.46 Å². The molecule has 0 spiro atoms. The van der Waals surface area contributed by atoms with Gasteiger partial charge in [-0.25, -0.2) is 0 Å². The van der Waals surface area contributed by atoms with Gasteiger partial charge in [-0.2, -0.15) is 0 Å². The Morgan fingerprint density at radius 2 is 1.71 bits per heavy atom. The van der Waals surface area contributed by atoms with Crippen molar-refractivity contribution < 1.29 is 10.0 Å². The van der Waals surface area contributed by atoms with Crippen LogP contribution in [0.2, 0.25) is 0 Å². The summed E-state index contributed by atoms with van der Waals surface area (Å²) in [6.45, 7) is 0. The first-order valence-corrected chi connectivity index (χ1v) is 6.16. The van der Waals surface area contributed by atoms with Crippen LogP contribution in [-0.2, 0) is 12.8 Å². The van der Waals surface area contributed by atoms with Crippen molar-refractivity contribution in [2.24, 2.45) is 0 Å². The van der Waals surface area contributed by atoms with Gasteiger partial charge >= 0.3 is 7.12 Å². The van der Waals surface area contributed by atoms with Gasteiger partial charge in [-0.1, -0.05) is 30.3 Å². The molecule has 17 heavy (non-hydrogen) atoms. The summed E-state index contributed by atoms with van der Waals surface area (Å²) in [5, 5.41) is 20.9. The summed E-state index contributed by atoms with van der Waals surface area (Å²) in [4.78, 5) is 0. The first-order valence-electron chi connectivity index (χ1n) is 6.16. The highest BCUT2D eigenvalue weighted by molar-refractivity contribution is 6.58. The van der Waals surface area contributed by atoms with Crippen molar-refractivity contribution in [1.82, 2.24) is 0 Å². The van der Waals surface area contributed by atoms with Gasteiger partial charge < -0.3 is 10.0 Å². The van der Waals surface area contributed by atoms with Gasteiger partial charge in [-0.05, 0) is 53.0 Å². The SMILES string of the molecule is OB(O)c1ccc2ccc3c(c2c1)CCCC3. The molecule has 0 saturated heterocycles. The summed E-state index contributed by atoms with van der Waals surface area (Å²) in [7, 11) is -1.38. The van der Waals surface area contributed by atoms with Crippen molar-refractivity contribution in [2.45, 2.75) is 25.7 Å². The van der Waals surface area contributed by atoms with Crippen molar-refractivity contribution >= 4 is 23.4 Å². The van der Waals surface area contributed by atoms with E-state index in [-0.39, 0.29) is 0 Å². The zero-order valence-corrected chi connectivity index (χ0v) is 9.69. The van der Waals surface area contributed by atoms with E-state index in [9.17, 15) is 10.0 Å². The number of hydrogen-bond acceptors (Lipinski definition) is 2. The van der Waals surface area contributed by atoms with Crippen molar-refractivity contribution in [3.8, 4) is 0 Å². The van der Waals surface area contributed by atoms with Crippen LogP contribution in [0.15, 0.2) is 30.3 Å². The molecule has 0 aromatic heterocycles. The largest absolute Gasteiger partial charge is 0.488 e. The molecule has 0 saturated carbocycles. The van der Waals surface area contributed by atoms with Gasteiger partial charge in [0.2, 0.25) is 0 Å². The first kappa shape index (κ1) is 10.8. The molecule has 3 rings (SSSR count). The summed E-state index contributed by atoms with van der Waals surface area (Å²) in [6.07, 6.45) is 4.76. The summed E-state index contributed by atoms with van der Waals surface area (Å²) in [5.74, 6) is 0. The van der Waals surface area contributed by atoms with Gasteiger partial charge in [0.05, 0.1) is 0 Å². The van der Waals surface area contributed by atoms with Crippen molar-refractivity contribution in [3.05, 3.63) is 41.5 Å². The molecule has 2 N–H and O–H groups in total. The molecular formula is C14H15BO2. The molecule has 0 unspecified atom stereocenters. The highest BCUT2D eigenvalue weighted by Crippen LogP contribution is 2.28. The molecule has 86 valence electrons. The number of aryl methyl sites for hydroxylation is 2. The van der Waals surface area contributed by atoms with Gasteiger partial charge in [-0.3, -0.25) is 0 Å². The fourth-order valence-corrected chi connectivity index (χ4v) is 2.75. The lowest BCUT2D eigenvalue weighted by Gasteiger charge is -2.18. The molecule has 2 nitrogen and oxygen atoms in total. The fourth-order valence-electron chi connectivity index (χ4n) is 2.75. The summed E-state index contributed by atoms with van der Waals surface area (Å²) >= 11 is 0. The molecule has 2 aromatic rings. The maximum atomic E-state index is 9.24. The minimum atomic E-state index is -1.38. The summed E-state index contributed by atoms with van der Waals surface area (Å²) in [6, 6.07) is 10.0. The Morgan fingerprint density at radius 3 is 2.53 bits per heavy atom. The molecule has 2 aromatic carbocycles. The summed E-state index contributed by atoms with van der Waals surface area (Å²) < 4.78 is 0. The van der Waals surface area contributed by atoms with Gasteiger partial charge in [0.1, 0.15) is 0 Å². The minimum absolute atomic E-state index is 0.580. The zero-order chi connectivity index (χ0) is 11.8. The Bertz CT molecular complexity index is 563. The van der Waals surface area contributed by atoms with E-state index in [2.05, 4.69) is 12.1 Å². The number of benzene rings is 2. The maximum Gasteiger partial charge on any atom is 0.488 e. The molecule has 0 heterocycles. The van der Waals surface area contributed by atoms with E-state index in [0.717, 1.165) is 12.8 Å². The molecule has 0 fully saturated rings. The lowest BCUT2D eigenvalue weighted by atomic mass is 9.78. The van der Waals surface area contributed by atoms with Crippen molar-refractivity contribution in [3.63, 3.8) is 0 Å². The topological polar surface area (TPSA) is 40.5 Å². The van der Waals surface area contributed by atoms with Crippen LogP contribution in [0.3, 0.4) is 0 Å². The van der Waals surface area contributed by atoms with E-state index < -0.39 is 7.12 Å². The monoisotopic (exact) mass is 226 g/mol. The maximum absolute atomic E-state index is 9.24. The molecular weight excluding hydrogens is 211 g/mol. The second kappa shape index (κ2) is 4.17. The van der Waals surface area contributed by atoms with Gasteiger partial charge in [-0.15, -0.1) is 0 Å². The first-order chi connectivity index (χ1) is 8.25. The van der Waals surface area contributed by atoms with Crippen LogP contribution in [0.4, 0.5) is 0 Å². The average Bonchev–Trinajstić information content (AvgIpc) is 2.38. The zero-order valence-electron chi connectivity index (χ0n) is 9.69. The van der Waals surface area contributed by atoms with Gasteiger partial charge in [0, 0.05) is 0 Å². The van der Waals surface area contributed by atoms with Gasteiger partial charge in [0.15, 0.2) is 0 Å². The second-order valence-electron chi connectivity index (χ2n) is 4.76. The predicted molar refractivity (Wildman–Crippen MR) is 70.4 cm³/mol. The van der Waals surface area contributed by atoms with Crippen LogP contribution >= 0.6 is 0 Å². The fraction of sp³-hybridized carbons (Fsp3) is 0.286. The summed E-state index contributed by atoms with van der Waals surface area (Å²) in [5.41, 5.74) is 3.40.